The largest absolute Gasteiger partial charge is 0.391 e. The molecule has 5 nitrogen and oxygen atoms in total. The second-order valence-corrected chi connectivity index (χ2v) is 1.99. The van der Waals surface area contributed by atoms with E-state index in [9.17, 15) is 9.59 Å². The van der Waals surface area contributed by atoms with Crippen molar-refractivity contribution in [1.82, 2.24) is 0 Å². The smallest absolute Gasteiger partial charge is 0.286 e. The topological polar surface area (TPSA) is 106 Å². The predicted molar refractivity (Wildman–Crippen MR) is 33.9 cm³/mol. The first-order chi connectivity index (χ1) is 4.46. The van der Waals surface area contributed by atoms with Gasteiger partial charge in [0.2, 0.25) is 5.78 Å². The molecule has 0 spiro atoms. The number of carbonyl (C=O) groups excluding carboxylic acids is 2. The summed E-state index contributed by atoms with van der Waals surface area (Å²) in [6.45, 7) is 1.31. The fourth-order valence-corrected chi connectivity index (χ4v) is 0.383. The maximum atomic E-state index is 10.5. The Kier molecular flexibility index (Phi) is 2.98. The van der Waals surface area contributed by atoms with Crippen LogP contribution in [-0.4, -0.2) is 28.9 Å². The van der Waals surface area contributed by atoms with Crippen LogP contribution in [0, 0.1) is 0 Å². The zero-order valence-electron chi connectivity index (χ0n) is 5.57. The summed E-state index contributed by atoms with van der Waals surface area (Å²) in [7, 11) is 0. The first-order valence-corrected chi connectivity index (χ1v) is 2.74. The van der Waals surface area contributed by atoms with E-state index in [0.29, 0.717) is 0 Å². The molecule has 5 N–H and O–H groups in total. The van der Waals surface area contributed by atoms with Crippen molar-refractivity contribution in [2.75, 3.05) is 0 Å². The third-order valence-corrected chi connectivity index (χ3v) is 1.07. The van der Waals surface area contributed by atoms with Gasteiger partial charge in [-0.15, -0.1) is 0 Å². The van der Waals surface area contributed by atoms with Gasteiger partial charge < -0.3 is 16.6 Å². The number of nitrogens with two attached hydrogens (primary N) is 2. The number of primary amides is 1. The van der Waals surface area contributed by atoms with Crippen LogP contribution in [0.15, 0.2) is 0 Å². The highest BCUT2D eigenvalue weighted by Crippen LogP contribution is 1.88. The van der Waals surface area contributed by atoms with Crippen molar-refractivity contribution >= 4 is 11.7 Å². The molecule has 1 amide bonds. The second kappa shape index (κ2) is 3.28. The maximum absolute atomic E-state index is 10.5. The monoisotopic (exact) mass is 146 g/mol. The summed E-state index contributed by atoms with van der Waals surface area (Å²) in [6, 6.07) is -1.20. The number of hydrogen-bond donors (Lipinski definition) is 3. The maximum Gasteiger partial charge on any atom is 0.286 e. The molecule has 2 atom stereocenters. The number of Topliss-reactive ketones (excluding diaryl/α,β-unsaturated/α-hetero) is 1. The third kappa shape index (κ3) is 2.12. The van der Waals surface area contributed by atoms with Gasteiger partial charge in [-0.1, -0.05) is 0 Å². The molecule has 0 aromatic heterocycles. The lowest BCUT2D eigenvalue weighted by molar-refractivity contribution is -0.138. The van der Waals surface area contributed by atoms with Crippen molar-refractivity contribution in [2.24, 2.45) is 11.5 Å². The summed E-state index contributed by atoms with van der Waals surface area (Å²) in [6.07, 6.45) is -1.04. The molecule has 0 aromatic carbocycles. The van der Waals surface area contributed by atoms with E-state index >= 15 is 0 Å². The number of hydrogen-bond acceptors (Lipinski definition) is 4. The Hall–Kier alpha value is -0.940. The van der Waals surface area contributed by atoms with Gasteiger partial charge in [-0.05, 0) is 6.92 Å². The molecule has 0 heterocycles. The first-order valence-electron chi connectivity index (χ1n) is 2.74. The fourth-order valence-electron chi connectivity index (χ4n) is 0.383. The minimum atomic E-state index is -1.20. The Balaban J connectivity index is 4.08. The molecule has 0 aliphatic rings. The molecule has 0 bridgehead atoms. The standard InChI is InChI=1S/C5H10N2O3/c1-2(8)3(6)4(9)5(7)10/h2-3,8H,6H2,1H3,(H2,7,10)/t2-,3+/m1/s1. The van der Waals surface area contributed by atoms with Gasteiger partial charge in [0, 0.05) is 0 Å². The SMILES string of the molecule is C[C@@H](O)[C@H](N)C(=O)C(N)=O. The Bertz CT molecular complexity index is 155. The molecule has 58 valence electrons. The zero-order valence-corrected chi connectivity index (χ0v) is 5.57. The lowest BCUT2D eigenvalue weighted by Gasteiger charge is -2.09. The average Bonchev–Trinajstić information content (AvgIpc) is 1.84. The van der Waals surface area contributed by atoms with Crippen molar-refractivity contribution in [2.45, 2.75) is 19.1 Å². The zero-order chi connectivity index (χ0) is 8.31. The number of aliphatic hydroxyl groups excluding tert-OH is 1. The van der Waals surface area contributed by atoms with Gasteiger partial charge in [-0.2, -0.15) is 0 Å². The van der Waals surface area contributed by atoms with E-state index in [1.807, 2.05) is 0 Å². The highest BCUT2D eigenvalue weighted by molar-refractivity contribution is 6.37. The quantitative estimate of drug-likeness (QED) is 0.391. The van der Waals surface area contributed by atoms with Crippen LogP contribution in [0.25, 0.3) is 0 Å². The van der Waals surface area contributed by atoms with Crippen LogP contribution in [0.1, 0.15) is 6.92 Å². The van der Waals surface area contributed by atoms with E-state index in [0.717, 1.165) is 0 Å². The van der Waals surface area contributed by atoms with Crippen LogP contribution in [0.2, 0.25) is 0 Å². The van der Waals surface area contributed by atoms with E-state index in [1.54, 1.807) is 0 Å². The van der Waals surface area contributed by atoms with Gasteiger partial charge in [0.25, 0.3) is 5.91 Å². The summed E-state index contributed by atoms with van der Waals surface area (Å²) in [4.78, 5) is 20.7. The predicted octanol–water partition coefficient (Wildman–Crippen LogP) is -2.25. The summed E-state index contributed by atoms with van der Waals surface area (Å²) in [5, 5.41) is 8.69. The molecule has 0 aliphatic heterocycles. The minimum absolute atomic E-state index is 0.949. The summed E-state index contributed by atoms with van der Waals surface area (Å²) >= 11 is 0. The van der Waals surface area contributed by atoms with E-state index in [2.05, 4.69) is 5.73 Å². The molecule has 5 heteroatoms. The highest BCUT2D eigenvalue weighted by Gasteiger charge is 2.22. The Morgan fingerprint density at radius 1 is 1.50 bits per heavy atom. The van der Waals surface area contributed by atoms with Gasteiger partial charge in [0.05, 0.1) is 12.1 Å². The number of rotatable bonds is 3. The van der Waals surface area contributed by atoms with Crippen LogP contribution in [0.4, 0.5) is 0 Å². The molecule has 0 rings (SSSR count). The number of amides is 1. The van der Waals surface area contributed by atoms with E-state index in [1.165, 1.54) is 6.92 Å². The molecule has 0 fully saturated rings. The third-order valence-electron chi connectivity index (χ3n) is 1.07. The van der Waals surface area contributed by atoms with Crippen molar-refractivity contribution in [3.05, 3.63) is 0 Å². The lowest BCUT2D eigenvalue weighted by atomic mass is 10.1. The Morgan fingerprint density at radius 2 is 1.90 bits per heavy atom. The summed E-state index contributed by atoms with van der Waals surface area (Å²) in [5.41, 5.74) is 9.66. The molecule has 0 radical (unpaired) electrons. The van der Waals surface area contributed by atoms with Crippen molar-refractivity contribution in [1.29, 1.82) is 0 Å². The van der Waals surface area contributed by atoms with Gasteiger partial charge in [-0.25, -0.2) is 0 Å². The molecular weight excluding hydrogens is 136 g/mol. The number of carbonyl (C=O) groups is 2. The minimum Gasteiger partial charge on any atom is -0.391 e. The molecule has 0 unspecified atom stereocenters. The van der Waals surface area contributed by atoms with Crippen LogP contribution in [0.3, 0.4) is 0 Å². The van der Waals surface area contributed by atoms with Crippen molar-refractivity contribution in [3.8, 4) is 0 Å². The summed E-state index contributed by atoms with van der Waals surface area (Å²) in [5.74, 6) is -2.07. The van der Waals surface area contributed by atoms with Crippen molar-refractivity contribution in [3.63, 3.8) is 0 Å². The molecular formula is C5H10N2O3. The van der Waals surface area contributed by atoms with E-state index in [4.69, 9.17) is 10.8 Å². The van der Waals surface area contributed by atoms with Gasteiger partial charge in [-0.3, -0.25) is 9.59 Å². The van der Waals surface area contributed by atoms with Crippen LogP contribution >= 0.6 is 0 Å². The molecule has 0 aromatic rings. The highest BCUT2D eigenvalue weighted by atomic mass is 16.3. The fraction of sp³-hybridized carbons (Fsp3) is 0.600. The van der Waals surface area contributed by atoms with Gasteiger partial charge in [0.15, 0.2) is 0 Å². The lowest BCUT2D eigenvalue weighted by Crippen LogP contribution is -2.46. The molecule has 10 heavy (non-hydrogen) atoms. The summed E-state index contributed by atoms with van der Waals surface area (Å²) < 4.78 is 0. The Morgan fingerprint density at radius 3 is 2.00 bits per heavy atom. The van der Waals surface area contributed by atoms with Crippen molar-refractivity contribution < 1.29 is 14.7 Å². The Labute approximate surface area is 58.0 Å². The number of aliphatic hydroxyl groups is 1. The molecule has 0 aliphatic carbocycles. The molecule has 0 saturated carbocycles. The number of ketones is 1. The van der Waals surface area contributed by atoms with Gasteiger partial charge >= 0.3 is 0 Å². The normalized spacial score (nSPS) is 15.9. The molecule has 0 saturated heterocycles. The van der Waals surface area contributed by atoms with E-state index < -0.39 is 23.8 Å². The van der Waals surface area contributed by atoms with Crippen LogP contribution in [-0.2, 0) is 9.59 Å². The average molecular weight is 146 g/mol. The van der Waals surface area contributed by atoms with Crippen LogP contribution < -0.4 is 11.5 Å². The van der Waals surface area contributed by atoms with E-state index in [-0.39, 0.29) is 0 Å². The first kappa shape index (κ1) is 9.06. The van der Waals surface area contributed by atoms with Gasteiger partial charge in [0.1, 0.15) is 0 Å². The van der Waals surface area contributed by atoms with Crippen LogP contribution in [0.5, 0.6) is 0 Å². The second-order valence-electron chi connectivity index (χ2n) is 1.99.